The summed E-state index contributed by atoms with van der Waals surface area (Å²) in [4.78, 5) is 28.2. The Morgan fingerprint density at radius 1 is 1.11 bits per heavy atom. The summed E-state index contributed by atoms with van der Waals surface area (Å²) >= 11 is 3.22. The van der Waals surface area contributed by atoms with E-state index in [-0.39, 0.29) is 12.3 Å². The molecule has 0 radical (unpaired) electrons. The first kappa shape index (κ1) is 20.1. The van der Waals surface area contributed by atoms with Crippen LogP contribution in [0.25, 0.3) is 0 Å². The van der Waals surface area contributed by atoms with Crippen LogP contribution in [0.4, 0.5) is 5.69 Å². The van der Waals surface area contributed by atoms with Gasteiger partial charge in [-0.15, -0.1) is 11.3 Å². The first-order valence-electron chi connectivity index (χ1n) is 8.64. The Balaban J connectivity index is 1.50. The van der Waals surface area contributed by atoms with E-state index in [0.717, 1.165) is 15.8 Å². The largest absolute Gasteiger partial charge is 0.465 e. The number of aryl methyl sites for hydroxylation is 1. The number of benzene rings is 2. The molecular weight excluding hydrogens is 392 g/mol. The van der Waals surface area contributed by atoms with E-state index in [1.165, 1.54) is 18.2 Å². The lowest BCUT2D eigenvalue weighted by atomic mass is 10.2. The zero-order valence-electron chi connectivity index (χ0n) is 15.6. The van der Waals surface area contributed by atoms with Crippen LogP contribution in [0, 0.1) is 6.92 Å². The van der Waals surface area contributed by atoms with Crippen LogP contribution in [0.1, 0.15) is 27.2 Å². The predicted molar refractivity (Wildman–Crippen MR) is 113 cm³/mol. The zero-order valence-corrected chi connectivity index (χ0v) is 17.2. The van der Waals surface area contributed by atoms with Crippen molar-refractivity contribution in [1.29, 1.82) is 0 Å². The standard InChI is InChI=1S/C21H20N2O3S2/c1-14-3-5-15(6-4-14)12-27-21-23-18(13-28-21)11-19(24)22-17-9-7-16(8-10-17)20(25)26-2/h3-10,13H,11-12H2,1-2H3,(H,22,24). The van der Waals surface area contributed by atoms with E-state index >= 15 is 0 Å². The van der Waals surface area contributed by atoms with Gasteiger partial charge in [-0.2, -0.15) is 0 Å². The van der Waals surface area contributed by atoms with Crippen molar-refractivity contribution in [2.45, 2.75) is 23.4 Å². The molecule has 0 bridgehead atoms. The van der Waals surface area contributed by atoms with Crippen LogP contribution in [-0.4, -0.2) is 24.0 Å². The van der Waals surface area contributed by atoms with Gasteiger partial charge in [0.05, 0.1) is 24.8 Å². The Morgan fingerprint density at radius 3 is 2.50 bits per heavy atom. The fourth-order valence-corrected chi connectivity index (χ4v) is 4.24. The summed E-state index contributed by atoms with van der Waals surface area (Å²) < 4.78 is 5.61. The average Bonchev–Trinajstić information content (AvgIpc) is 3.14. The molecule has 0 unspecified atom stereocenters. The molecule has 0 saturated heterocycles. The van der Waals surface area contributed by atoms with Crippen molar-refractivity contribution in [3.8, 4) is 0 Å². The molecule has 1 amide bonds. The number of rotatable bonds is 7. The van der Waals surface area contributed by atoms with Crippen LogP contribution in [0.2, 0.25) is 0 Å². The van der Waals surface area contributed by atoms with Gasteiger partial charge in [-0.3, -0.25) is 4.79 Å². The van der Waals surface area contributed by atoms with Gasteiger partial charge < -0.3 is 10.1 Å². The van der Waals surface area contributed by atoms with Gasteiger partial charge in [0, 0.05) is 16.8 Å². The molecule has 1 N–H and O–H groups in total. The first-order chi connectivity index (χ1) is 13.5. The van der Waals surface area contributed by atoms with E-state index in [2.05, 4.69) is 46.2 Å². The number of anilines is 1. The number of carbonyl (C=O) groups excluding carboxylic acids is 2. The summed E-state index contributed by atoms with van der Waals surface area (Å²) in [5.74, 6) is 0.300. The lowest BCUT2D eigenvalue weighted by Gasteiger charge is -2.05. The molecule has 0 spiro atoms. The van der Waals surface area contributed by atoms with Gasteiger partial charge in [-0.1, -0.05) is 41.6 Å². The second-order valence-electron chi connectivity index (χ2n) is 6.17. The number of methoxy groups -OCH3 is 1. The third-order valence-electron chi connectivity index (χ3n) is 3.95. The molecular formula is C21H20N2O3S2. The quantitative estimate of drug-likeness (QED) is 0.450. The average molecular weight is 413 g/mol. The van der Waals surface area contributed by atoms with Gasteiger partial charge in [0.25, 0.3) is 0 Å². The molecule has 0 aliphatic carbocycles. The van der Waals surface area contributed by atoms with Gasteiger partial charge in [0.2, 0.25) is 5.91 Å². The normalized spacial score (nSPS) is 10.5. The van der Waals surface area contributed by atoms with E-state index in [0.29, 0.717) is 11.3 Å². The summed E-state index contributed by atoms with van der Waals surface area (Å²) in [6, 6.07) is 15.0. The molecule has 0 aliphatic heterocycles. The maximum absolute atomic E-state index is 12.2. The Morgan fingerprint density at radius 2 is 1.82 bits per heavy atom. The van der Waals surface area contributed by atoms with Crippen molar-refractivity contribution in [3.63, 3.8) is 0 Å². The predicted octanol–water partition coefficient (Wildman–Crippen LogP) is 4.71. The van der Waals surface area contributed by atoms with E-state index < -0.39 is 5.97 Å². The number of carbonyl (C=O) groups is 2. The van der Waals surface area contributed by atoms with E-state index in [1.54, 1.807) is 47.4 Å². The minimum Gasteiger partial charge on any atom is -0.465 e. The van der Waals surface area contributed by atoms with E-state index in [4.69, 9.17) is 0 Å². The summed E-state index contributed by atoms with van der Waals surface area (Å²) in [5.41, 5.74) is 4.31. The molecule has 28 heavy (non-hydrogen) atoms. The molecule has 1 heterocycles. The minimum atomic E-state index is -0.406. The van der Waals surface area contributed by atoms with Crippen LogP contribution >= 0.6 is 23.1 Å². The Hall–Kier alpha value is -2.64. The van der Waals surface area contributed by atoms with Gasteiger partial charge in [0.15, 0.2) is 0 Å². The molecule has 2 aromatic carbocycles. The Kier molecular flexibility index (Phi) is 6.84. The molecule has 1 aromatic heterocycles. The summed E-state index contributed by atoms with van der Waals surface area (Å²) in [7, 11) is 1.33. The monoisotopic (exact) mass is 412 g/mol. The number of thioether (sulfide) groups is 1. The molecule has 3 aromatic rings. The third kappa shape index (κ3) is 5.68. The van der Waals surface area contributed by atoms with Crippen LogP contribution in [-0.2, 0) is 21.7 Å². The fraction of sp³-hybridized carbons (Fsp3) is 0.190. The third-order valence-corrected chi connectivity index (χ3v) is 6.09. The molecule has 5 nitrogen and oxygen atoms in total. The minimum absolute atomic E-state index is 0.147. The molecule has 0 saturated carbocycles. The number of ether oxygens (including phenoxy) is 1. The topological polar surface area (TPSA) is 68.3 Å². The van der Waals surface area contributed by atoms with Crippen LogP contribution in [0.5, 0.6) is 0 Å². The lowest BCUT2D eigenvalue weighted by molar-refractivity contribution is -0.115. The highest BCUT2D eigenvalue weighted by Crippen LogP contribution is 2.26. The number of nitrogens with one attached hydrogen (secondary N) is 1. The summed E-state index contributed by atoms with van der Waals surface area (Å²) in [6.45, 7) is 2.07. The van der Waals surface area contributed by atoms with Crippen LogP contribution in [0.15, 0.2) is 58.3 Å². The summed E-state index contributed by atoms with van der Waals surface area (Å²) in [6.07, 6.45) is 0.209. The van der Waals surface area contributed by atoms with Crippen molar-refractivity contribution in [2.75, 3.05) is 12.4 Å². The second-order valence-corrected chi connectivity index (χ2v) is 8.25. The molecule has 3 rings (SSSR count). The van der Waals surface area contributed by atoms with Crippen molar-refractivity contribution < 1.29 is 14.3 Å². The van der Waals surface area contributed by atoms with E-state index in [1.807, 2.05) is 5.38 Å². The van der Waals surface area contributed by atoms with Gasteiger partial charge in [-0.25, -0.2) is 9.78 Å². The first-order valence-corrected chi connectivity index (χ1v) is 10.5. The second kappa shape index (κ2) is 9.52. The summed E-state index contributed by atoms with van der Waals surface area (Å²) in [5, 5.41) is 4.73. The van der Waals surface area contributed by atoms with Crippen molar-refractivity contribution in [2.24, 2.45) is 0 Å². The molecule has 0 fully saturated rings. The van der Waals surface area contributed by atoms with Gasteiger partial charge in [-0.05, 0) is 36.8 Å². The number of amides is 1. The highest BCUT2D eigenvalue weighted by Gasteiger charge is 2.10. The van der Waals surface area contributed by atoms with Crippen LogP contribution < -0.4 is 5.32 Å². The zero-order chi connectivity index (χ0) is 19.9. The Labute approximate surface area is 172 Å². The number of hydrogen-bond donors (Lipinski definition) is 1. The number of nitrogens with zero attached hydrogens (tertiary/aromatic N) is 1. The number of thiazole rings is 1. The number of hydrogen-bond acceptors (Lipinski definition) is 6. The van der Waals surface area contributed by atoms with Gasteiger partial charge >= 0.3 is 5.97 Å². The lowest BCUT2D eigenvalue weighted by Crippen LogP contribution is -2.14. The molecule has 0 aliphatic rings. The fourth-order valence-electron chi connectivity index (χ4n) is 2.44. The van der Waals surface area contributed by atoms with E-state index in [9.17, 15) is 9.59 Å². The molecule has 7 heteroatoms. The van der Waals surface area contributed by atoms with Crippen molar-refractivity contribution in [3.05, 3.63) is 76.3 Å². The van der Waals surface area contributed by atoms with Crippen molar-refractivity contribution in [1.82, 2.24) is 4.98 Å². The molecule has 0 atom stereocenters. The maximum atomic E-state index is 12.2. The SMILES string of the molecule is COC(=O)c1ccc(NC(=O)Cc2csc(SCc3ccc(C)cc3)n2)cc1. The maximum Gasteiger partial charge on any atom is 0.337 e. The highest BCUT2D eigenvalue weighted by atomic mass is 32.2. The van der Waals surface area contributed by atoms with Crippen molar-refractivity contribution >= 4 is 40.7 Å². The highest BCUT2D eigenvalue weighted by molar-refractivity contribution is 8.00. The number of aromatic nitrogens is 1. The Bertz CT molecular complexity index is 951. The number of esters is 1. The molecule has 144 valence electrons. The smallest absolute Gasteiger partial charge is 0.337 e. The van der Waals surface area contributed by atoms with Gasteiger partial charge in [0.1, 0.15) is 4.34 Å². The van der Waals surface area contributed by atoms with Crippen LogP contribution in [0.3, 0.4) is 0 Å².